The fourth-order valence-corrected chi connectivity index (χ4v) is 8.22. The normalized spacial score (nSPS) is 19.6. The van der Waals surface area contributed by atoms with Gasteiger partial charge in [0.05, 0.1) is 6.61 Å². The van der Waals surface area contributed by atoms with E-state index in [2.05, 4.69) is 9.88 Å². The van der Waals surface area contributed by atoms with Crippen molar-refractivity contribution in [2.45, 2.75) is 64.0 Å². The minimum absolute atomic E-state index is 0.0572. The Morgan fingerprint density at radius 3 is 2.33 bits per heavy atom. The number of piperidine rings is 2. The van der Waals surface area contributed by atoms with E-state index in [1.807, 2.05) is 59.2 Å². The molecule has 0 bridgehead atoms. The minimum atomic E-state index is -0.431. The highest BCUT2D eigenvalue weighted by Crippen LogP contribution is 2.31. The second-order valence-electron chi connectivity index (χ2n) is 14.2. The van der Waals surface area contributed by atoms with Gasteiger partial charge in [-0.2, -0.15) is 4.98 Å². The SMILES string of the molecule is CC(=O)N1CCC(C(=O)N(CCCN2CCC(Cc3ccc(C(N)=O)cc3)CC2)c2ccc(C)c(Cl)c2)CC1.Nc1ccn([C@@H]2CS[C@H](CO)O2)c(=O)n1. The number of aryl methyl sites for hydroxylation is 1. The molecule has 0 unspecified atom stereocenters. The number of hydrogen-bond acceptors (Lipinski definition) is 10. The number of hydrogen-bond donors (Lipinski definition) is 3. The van der Waals surface area contributed by atoms with Gasteiger partial charge in [-0.25, -0.2) is 4.79 Å². The van der Waals surface area contributed by atoms with Crippen LogP contribution in [-0.2, 0) is 20.7 Å². The molecule has 3 amide bonds. The number of aromatic nitrogens is 2. The molecule has 0 aliphatic carbocycles. The Hall–Kier alpha value is -3.95. The van der Waals surface area contributed by atoms with Gasteiger partial charge in [0.2, 0.25) is 17.7 Å². The quantitative estimate of drug-likeness (QED) is 0.257. The Labute approximate surface area is 326 Å². The van der Waals surface area contributed by atoms with Crippen LogP contribution >= 0.6 is 23.4 Å². The first kappa shape index (κ1) is 41.2. The number of halogens is 1. The maximum absolute atomic E-state index is 13.7. The molecular formula is C39H52ClN7O6S. The number of aliphatic hydroxyl groups is 1. The van der Waals surface area contributed by atoms with Gasteiger partial charge < -0.3 is 36.0 Å². The van der Waals surface area contributed by atoms with Crippen molar-refractivity contribution in [3.63, 3.8) is 0 Å². The van der Waals surface area contributed by atoms with Gasteiger partial charge in [-0.3, -0.25) is 19.0 Å². The fourth-order valence-electron chi connectivity index (χ4n) is 7.11. The van der Waals surface area contributed by atoms with Crippen molar-refractivity contribution in [2.75, 3.05) is 62.3 Å². The molecule has 3 aromatic rings. The van der Waals surface area contributed by atoms with Crippen LogP contribution in [-0.4, -0.2) is 99.2 Å². The van der Waals surface area contributed by atoms with Crippen LogP contribution in [0.2, 0.25) is 5.02 Å². The molecule has 2 atom stereocenters. The summed E-state index contributed by atoms with van der Waals surface area (Å²) in [6.07, 6.45) is 6.78. The number of nitrogen functional groups attached to an aromatic ring is 1. The van der Waals surface area contributed by atoms with Crippen LogP contribution < -0.4 is 22.1 Å². The Kier molecular flexibility index (Phi) is 14.9. The molecule has 13 nitrogen and oxygen atoms in total. The smallest absolute Gasteiger partial charge is 0.351 e. The van der Waals surface area contributed by atoms with Crippen LogP contribution in [0.5, 0.6) is 0 Å². The molecule has 15 heteroatoms. The van der Waals surface area contributed by atoms with E-state index in [1.54, 1.807) is 19.2 Å². The average Bonchev–Trinajstić information content (AvgIpc) is 3.65. The van der Waals surface area contributed by atoms with E-state index in [9.17, 15) is 19.2 Å². The number of likely N-dealkylation sites (tertiary alicyclic amines) is 2. The third-order valence-electron chi connectivity index (χ3n) is 10.4. The summed E-state index contributed by atoms with van der Waals surface area (Å²) in [5, 5.41) is 9.54. The number of amides is 3. The number of rotatable bonds is 11. The largest absolute Gasteiger partial charge is 0.393 e. The number of thioether (sulfide) groups is 1. The zero-order chi connectivity index (χ0) is 38.8. The van der Waals surface area contributed by atoms with Crippen LogP contribution in [0.25, 0.3) is 0 Å². The summed E-state index contributed by atoms with van der Waals surface area (Å²) in [6.45, 7) is 8.48. The summed E-state index contributed by atoms with van der Waals surface area (Å²) in [4.78, 5) is 58.0. The molecule has 3 aliphatic heterocycles. The summed E-state index contributed by atoms with van der Waals surface area (Å²) in [7, 11) is 0. The lowest BCUT2D eigenvalue weighted by atomic mass is 9.90. The Balaban J connectivity index is 0.000000310. The highest BCUT2D eigenvalue weighted by atomic mass is 35.5. The number of primary amides is 1. The summed E-state index contributed by atoms with van der Waals surface area (Å²) in [5.41, 5.74) is 13.7. The lowest BCUT2D eigenvalue weighted by molar-refractivity contribution is -0.133. The highest BCUT2D eigenvalue weighted by Gasteiger charge is 2.31. The van der Waals surface area contributed by atoms with Crippen LogP contribution in [0, 0.1) is 18.8 Å². The molecule has 3 fully saturated rings. The van der Waals surface area contributed by atoms with Crippen LogP contribution in [0.4, 0.5) is 11.5 Å². The van der Waals surface area contributed by atoms with Crippen molar-refractivity contribution in [3.05, 3.63) is 86.9 Å². The van der Waals surface area contributed by atoms with Gasteiger partial charge in [0.15, 0.2) is 0 Å². The minimum Gasteiger partial charge on any atom is -0.393 e. The third-order valence-corrected chi connectivity index (χ3v) is 11.9. The Morgan fingerprint density at radius 2 is 1.74 bits per heavy atom. The molecule has 292 valence electrons. The predicted molar refractivity (Wildman–Crippen MR) is 212 cm³/mol. The summed E-state index contributed by atoms with van der Waals surface area (Å²) in [5.74, 6) is 1.20. The standard InChI is InChI=1S/C31H41ClN4O3.C8H11N3O3S/c1-22-4-9-28(21-29(22)32)36(31(39)27-12-18-35(19-13-27)23(2)37)15-3-14-34-16-10-25(11-17-34)20-24-5-7-26(8-6-24)30(33)38;9-5-1-2-11(8(13)10-5)6-4-15-7(3-12)14-6/h4-9,21,25,27H,3,10-20H2,1-2H3,(H2,33,38);1-2,6-7,12H,3-4H2,(H2,9,10,13)/t;6-,7+/m.0/s1. The molecule has 0 spiro atoms. The topological polar surface area (TPSA) is 177 Å². The summed E-state index contributed by atoms with van der Waals surface area (Å²) >= 11 is 7.91. The average molecular weight is 782 g/mol. The molecule has 0 radical (unpaired) electrons. The summed E-state index contributed by atoms with van der Waals surface area (Å²) in [6, 6.07) is 15.1. The number of carbonyl (C=O) groups is 3. The van der Waals surface area contributed by atoms with Gasteiger partial charge in [-0.15, -0.1) is 11.8 Å². The Bertz CT molecular complexity index is 1790. The molecule has 1 aromatic heterocycles. The number of benzene rings is 2. The van der Waals surface area contributed by atoms with E-state index in [-0.39, 0.29) is 47.7 Å². The van der Waals surface area contributed by atoms with Gasteiger partial charge in [0, 0.05) is 60.7 Å². The highest BCUT2D eigenvalue weighted by molar-refractivity contribution is 8.00. The van der Waals surface area contributed by atoms with E-state index >= 15 is 0 Å². The van der Waals surface area contributed by atoms with E-state index in [0.29, 0.717) is 54.7 Å². The lowest BCUT2D eigenvalue weighted by Crippen LogP contribution is -2.45. The first-order valence-electron chi connectivity index (χ1n) is 18.6. The van der Waals surface area contributed by atoms with E-state index < -0.39 is 5.69 Å². The van der Waals surface area contributed by atoms with E-state index in [1.165, 1.54) is 21.9 Å². The molecule has 3 saturated heterocycles. The van der Waals surface area contributed by atoms with Crippen molar-refractivity contribution in [1.82, 2.24) is 19.4 Å². The van der Waals surface area contributed by atoms with Gasteiger partial charge >= 0.3 is 5.69 Å². The van der Waals surface area contributed by atoms with Gasteiger partial charge in [-0.05, 0) is 112 Å². The van der Waals surface area contributed by atoms with Crippen LogP contribution in [0.15, 0.2) is 59.5 Å². The van der Waals surface area contributed by atoms with Crippen molar-refractivity contribution in [3.8, 4) is 0 Å². The zero-order valence-electron chi connectivity index (χ0n) is 31.1. The molecule has 2 aromatic carbocycles. The monoisotopic (exact) mass is 781 g/mol. The number of nitrogens with two attached hydrogens (primary N) is 2. The molecule has 6 rings (SSSR count). The maximum atomic E-state index is 13.7. The third kappa shape index (κ3) is 11.3. The van der Waals surface area contributed by atoms with Gasteiger partial charge in [0.25, 0.3) is 0 Å². The number of aliphatic hydroxyl groups excluding tert-OH is 1. The molecule has 4 heterocycles. The maximum Gasteiger partial charge on any atom is 0.351 e. The molecule has 0 saturated carbocycles. The fraction of sp³-hybridized carbons (Fsp3) is 0.513. The number of ether oxygens (including phenoxy) is 1. The number of nitrogens with zero attached hydrogens (tertiary/aromatic N) is 5. The number of carbonyl (C=O) groups excluding carboxylic acids is 3. The molecule has 54 heavy (non-hydrogen) atoms. The zero-order valence-corrected chi connectivity index (χ0v) is 32.6. The number of anilines is 2. The van der Waals surface area contributed by atoms with Crippen molar-refractivity contribution in [1.29, 1.82) is 0 Å². The Morgan fingerprint density at radius 1 is 1.04 bits per heavy atom. The lowest BCUT2D eigenvalue weighted by Gasteiger charge is -2.35. The molecule has 5 N–H and O–H groups in total. The molecular weight excluding hydrogens is 730 g/mol. The second kappa shape index (κ2) is 19.6. The van der Waals surface area contributed by atoms with Gasteiger partial charge in [-0.1, -0.05) is 29.8 Å². The second-order valence-corrected chi connectivity index (χ2v) is 15.8. The predicted octanol–water partition coefficient (Wildman–Crippen LogP) is 4.09. The summed E-state index contributed by atoms with van der Waals surface area (Å²) < 4.78 is 6.79. The van der Waals surface area contributed by atoms with Gasteiger partial charge in [0.1, 0.15) is 17.5 Å². The van der Waals surface area contributed by atoms with Crippen molar-refractivity contribution >= 4 is 52.6 Å². The van der Waals surface area contributed by atoms with E-state index in [4.69, 9.17) is 32.9 Å². The first-order chi connectivity index (χ1) is 25.9. The van der Waals surface area contributed by atoms with E-state index in [0.717, 1.165) is 56.6 Å². The van der Waals surface area contributed by atoms with Crippen LogP contribution in [0.1, 0.15) is 66.7 Å². The molecule has 3 aliphatic rings. The first-order valence-corrected chi connectivity index (χ1v) is 20.0. The van der Waals surface area contributed by atoms with Crippen molar-refractivity contribution in [2.24, 2.45) is 17.6 Å². The van der Waals surface area contributed by atoms with Crippen LogP contribution in [0.3, 0.4) is 0 Å². The van der Waals surface area contributed by atoms with Crippen molar-refractivity contribution < 1.29 is 24.2 Å².